The van der Waals surface area contributed by atoms with Crippen LogP contribution in [0.4, 0.5) is 0 Å². The van der Waals surface area contributed by atoms with Gasteiger partial charge >= 0.3 is 0 Å². The van der Waals surface area contributed by atoms with Crippen molar-refractivity contribution < 1.29 is 23.9 Å². The molecule has 0 radical (unpaired) electrons. The van der Waals surface area contributed by atoms with Crippen LogP contribution in [0.3, 0.4) is 0 Å². The topological polar surface area (TPSA) is 106 Å². The summed E-state index contributed by atoms with van der Waals surface area (Å²) < 4.78 is 11.1. The Hall–Kier alpha value is -3.55. The average molecular weight is 470 g/mol. The van der Waals surface area contributed by atoms with Crippen molar-refractivity contribution in [2.45, 2.75) is 47.1 Å². The summed E-state index contributed by atoms with van der Waals surface area (Å²) in [6.45, 7) is 10.2. The number of hydrazine groups is 1. The minimum absolute atomic E-state index is 0.202. The van der Waals surface area contributed by atoms with Crippen LogP contribution in [0.15, 0.2) is 42.5 Å². The van der Waals surface area contributed by atoms with Crippen LogP contribution in [0.5, 0.6) is 11.5 Å². The Morgan fingerprint density at radius 3 is 2.24 bits per heavy atom. The summed E-state index contributed by atoms with van der Waals surface area (Å²) in [5.41, 5.74) is 6.40. The molecule has 184 valence electrons. The maximum atomic E-state index is 12.7. The van der Waals surface area contributed by atoms with Gasteiger partial charge in [-0.2, -0.15) is 0 Å². The van der Waals surface area contributed by atoms with Crippen LogP contribution in [0, 0.1) is 18.8 Å². The first kappa shape index (κ1) is 26.7. The van der Waals surface area contributed by atoms with Gasteiger partial charge in [-0.15, -0.1) is 0 Å². The van der Waals surface area contributed by atoms with Gasteiger partial charge < -0.3 is 14.8 Å². The lowest BCUT2D eigenvalue weighted by atomic mass is 10.0. The maximum Gasteiger partial charge on any atom is 0.269 e. The van der Waals surface area contributed by atoms with Gasteiger partial charge in [0.25, 0.3) is 17.7 Å². The second-order valence-electron chi connectivity index (χ2n) is 8.85. The van der Waals surface area contributed by atoms with Gasteiger partial charge in [-0.05, 0) is 55.0 Å². The highest BCUT2D eigenvalue weighted by Gasteiger charge is 2.25. The molecule has 0 bridgehead atoms. The van der Waals surface area contributed by atoms with E-state index in [0.717, 1.165) is 12.0 Å². The third-order valence-electron chi connectivity index (χ3n) is 5.30. The van der Waals surface area contributed by atoms with Crippen molar-refractivity contribution in [2.24, 2.45) is 11.8 Å². The van der Waals surface area contributed by atoms with E-state index in [-0.39, 0.29) is 11.8 Å². The highest BCUT2D eigenvalue weighted by Crippen LogP contribution is 2.28. The van der Waals surface area contributed by atoms with Gasteiger partial charge in [0.2, 0.25) is 0 Å². The zero-order chi connectivity index (χ0) is 25.3. The highest BCUT2D eigenvalue weighted by atomic mass is 16.5. The summed E-state index contributed by atoms with van der Waals surface area (Å²) in [4.78, 5) is 38.0. The van der Waals surface area contributed by atoms with Gasteiger partial charge in [-0.1, -0.05) is 45.9 Å². The number of hydrogen-bond acceptors (Lipinski definition) is 5. The minimum atomic E-state index is -0.835. The summed E-state index contributed by atoms with van der Waals surface area (Å²) in [5, 5.41) is 2.75. The zero-order valence-electron chi connectivity index (χ0n) is 20.7. The standard InChI is InChI=1S/C26H35N3O5/c1-16(2)13-14-34-21-12-11-19(15-22(21)33-6)24(30)28-29-26(32)23(17(3)4)27-25(31)20-10-8-7-9-18(20)5/h7-12,15-17,23H,13-14H2,1-6H3,(H,27,31)(H,28,30)(H,29,32)/t23-/m0/s1. The largest absolute Gasteiger partial charge is 0.493 e. The van der Waals surface area contributed by atoms with E-state index in [1.165, 1.54) is 7.11 Å². The van der Waals surface area contributed by atoms with E-state index >= 15 is 0 Å². The van der Waals surface area contributed by atoms with Crippen LogP contribution in [0.1, 0.15) is 60.4 Å². The molecule has 0 saturated carbocycles. The summed E-state index contributed by atoms with van der Waals surface area (Å²) in [7, 11) is 1.50. The van der Waals surface area contributed by atoms with Crippen LogP contribution >= 0.6 is 0 Å². The molecule has 0 aliphatic carbocycles. The van der Waals surface area contributed by atoms with Gasteiger partial charge in [0.1, 0.15) is 6.04 Å². The fourth-order valence-corrected chi connectivity index (χ4v) is 3.18. The van der Waals surface area contributed by atoms with Gasteiger partial charge in [0.05, 0.1) is 13.7 Å². The van der Waals surface area contributed by atoms with Crippen molar-refractivity contribution in [3.8, 4) is 11.5 Å². The van der Waals surface area contributed by atoms with Crippen molar-refractivity contribution >= 4 is 17.7 Å². The number of ether oxygens (including phenoxy) is 2. The number of nitrogens with one attached hydrogen (secondary N) is 3. The number of aryl methyl sites for hydroxylation is 1. The molecule has 2 aromatic carbocycles. The van der Waals surface area contributed by atoms with Crippen LogP contribution in [0.2, 0.25) is 0 Å². The van der Waals surface area contributed by atoms with E-state index in [4.69, 9.17) is 9.47 Å². The SMILES string of the molecule is COc1cc(C(=O)NNC(=O)[C@@H](NC(=O)c2ccccc2C)C(C)C)ccc1OCCC(C)C. The molecule has 0 aliphatic heterocycles. The van der Waals surface area contributed by atoms with Crippen molar-refractivity contribution in [1.29, 1.82) is 0 Å². The number of carbonyl (C=O) groups is 3. The Labute approximate surface area is 201 Å². The third kappa shape index (κ3) is 7.50. The van der Waals surface area contributed by atoms with Crippen LogP contribution in [-0.2, 0) is 4.79 Å². The predicted molar refractivity (Wildman–Crippen MR) is 131 cm³/mol. The van der Waals surface area contributed by atoms with Crippen molar-refractivity contribution in [2.75, 3.05) is 13.7 Å². The smallest absolute Gasteiger partial charge is 0.269 e. The molecule has 0 fully saturated rings. The number of amides is 3. The first-order valence-electron chi connectivity index (χ1n) is 11.4. The van der Waals surface area contributed by atoms with Gasteiger partial charge in [0, 0.05) is 11.1 Å². The molecule has 8 heteroatoms. The predicted octanol–water partition coefficient (Wildman–Crippen LogP) is 3.64. The molecular weight excluding hydrogens is 434 g/mol. The number of rotatable bonds is 10. The summed E-state index contributed by atoms with van der Waals surface area (Å²) in [6.07, 6.45) is 0.898. The van der Waals surface area contributed by atoms with E-state index < -0.39 is 17.9 Å². The van der Waals surface area contributed by atoms with E-state index in [0.29, 0.717) is 35.2 Å². The molecule has 1 atom stereocenters. The van der Waals surface area contributed by atoms with Gasteiger partial charge in [-0.3, -0.25) is 25.2 Å². The van der Waals surface area contributed by atoms with Gasteiger partial charge in [0.15, 0.2) is 11.5 Å². The van der Waals surface area contributed by atoms with Crippen molar-refractivity contribution in [1.82, 2.24) is 16.2 Å². The molecule has 3 amide bonds. The average Bonchev–Trinajstić information content (AvgIpc) is 2.80. The minimum Gasteiger partial charge on any atom is -0.493 e. The monoisotopic (exact) mass is 469 g/mol. The Kier molecular flexibility index (Phi) is 9.92. The van der Waals surface area contributed by atoms with E-state index in [2.05, 4.69) is 30.0 Å². The maximum absolute atomic E-state index is 12.7. The van der Waals surface area contributed by atoms with E-state index in [1.807, 2.05) is 32.9 Å². The second-order valence-corrected chi connectivity index (χ2v) is 8.85. The number of benzene rings is 2. The van der Waals surface area contributed by atoms with Crippen molar-refractivity contribution in [3.63, 3.8) is 0 Å². The van der Waals surface area contributed by atoms with E-state index in [9.17, 15) is 14.4 Å². The third-order valence-corrected chi connectivity index (χ3v) is 5.30. The van der Waals surface area contributed by atoms with E-state index in [1.54, 1.807) is 30.3 Å². The fourth-order valence-electron chi connectivity index (χ4n) is 3.18. The molecule has 34 heavy (non-hydrogen) atoms. The van der Waals surface area contributed by atoms with Crippen LogP contribution in [0.25, 0.3) is 0 Å². The molecule has 2 rings (SSSR count). The van der Waals surface area contributed by atoms with Crippen LogP contribution in [-0.4, -0.2) is 37.5 Å². The Balaban J connectivity index is 2.00. The van der Waals surface area contributed by atoms with Crippen LogP contribution < -0.4 is 25.6 Å². The Morgan fingerprint density at radius 2 is 1.62 bits per heavy atom. The van der Waals surface area contributed by atoms with Gasteiger partial charge in [-0.25, -0.2) is 0 Å². The molecule has 0 heterocycles. The quantitative estimate of drug-likeness (QED) is 0.461. The first-order chi connectivity index (χ1) is 16.1. The lowest BCUT2D eigenvalue weighted by Crippen LogP contribution is -2.54. The zero-order valence-corrected chi connectivity index (χ0v) is 20.7. The number of hydrogen-bond donors (Lipinski definition) is 3. The summed E-state index contributed by atoms with van der Waals surface area (Å²) in [6, 6.07) is 11.1. The molecule has 0 aliphatic rings. The molecule has 3 N–H and O–H groups in total. The van der Waals surface area contributed by atoms with Crippen molar-refractivity contribution in [3.05, 3.63) is 59.2 Å². The fraction of sp³-hybridized carbons (Fsp3) is 0.423. The lowest BCUT2D eigenvalue weighted by molar-refractivity contribution is -0.124. The Bertz CT molecular complexity index is 1000. The molecule has 2 aromatic rings. The normalized spacial score (nSPS) is 11.6. The first-order valence-corrected chi connectivity index (χ1v) is 11.4. The lowest BCUT2D eigenvalue weighted by Gasteiger charge is -2.22. The molecule has 0 saturated heterocycles. The summed E-state index contributed by atoms with van der Waals surface area (Å²) >= 11 is 0. The molecule has 0 spiro atoms. The number of carbonyl (C=O) groups excluding carboxylic acids is 3. The molecule has 0 unspecified atom stereocenters. The highest BCUT2D eigenvalue weighted by molar-refractivity contribution is 6.00. The summed E-state index contributed by atoms with van der Waals surface area (Å²) in [5.74, 6) is -0.117. The molecule has 8 nitrogen and oxygen atoms in total. The number of methoxy groups -OCH3 is 1. The molecule has 0 aromatic heterocycles. The molecular formula is C26H35N3O5. The Morgan fingerprint density at radius 1 is 0.912 bits per heavy atom. The second kappa shape index (κ2) is 12.6.